The van der Waals surface area contributed by atoms with Crippen molar-refractivity contribution in [2.45, 2.75) is 19.9 Å². The lowest BCUT2D eigenvalue weighted by atomic mass is 9.99. The fourth-order valence-electron chi connectivity index (χ4n) is 3.62. The van der Waals surface area contributed by atoms with E-state index in [4.69, 9.17) is 0 Å². The minimum atomic E-state index is -0.226. The molecular weight excluding hydrogens is 327 g/mol. The van der Waals surface area contributed by atoms with E-state index >= 15 is 0 Å². The Morgan fingerprint density at radius 3 is 2.62 bits per heavy atom. The molecule has 0 unspecified atom stereocenters. The van der Waals surface area contributed by atoms with Crippen LogP contribution in [0.4, 0.5) is 4.39 Å². The number of aromatic nitrogens is 1. The third-order valence-corrected chi connectivity index (χ3v) is 5.09. The molecule has 3 aromatic rings. The average molecular weight is 348 g/mol. The molecular formula is C22H21FN2O. The van der Waals surface area contributed by atoms with Crippen molar-refractivity contribution in [3.05, 3.63) is 77.7 Å². The van der Waals surface area contributed by atoms with E-state index in [0.29, 0.717) is 19.6 Å². The smallest absolute Gasteiger partial charge is 0.242 e. The maximum atomic E-state index is 13.1. The summed E-state index contributed by atoms with van der Waals surface area (Å²) < 4.78 is 15.2. The van der Waals surface area contributed by atoms with Crippen LogP contribution in [0.1, 0.15) is 17.7 Å². The summed E-state index contributed by atoms with van der Waals surface area (Å²) >= 11 is 0. The zero-order valence-corrected chi connectivity index (χ0v) is 14.8. The molecule has 0 saturated carbocycles. The summed E-state index contributed by atoms with van der Waals surface area (Å²) in [5, 5.41) is 1.16. The molecule has 0 radical (unpaired) electrons. The molecule has 1 amide bonds. The van der Waals surface area contributed by atoms with Crippen LogP contribution in [0.5, 0.6) is 0 Å². The number of hydrogen-bond donors (Lipinski definition) is 0. The Morgan fingerprint density at radius 1 is 1.12 bits per heavy atom. The van der Waals surface area contributed by atoms with Gasteiger partial charge in [0.05, 0.1) is 0 Å². The molecule has 0 aliphatic carbocycles. The van der Waals surface area contributed by atoms with Gasteiger partial charge >= 0.3 is 0 Å². The Kier molecular flexibility index (Phi) is 4.33. The Balaban J connectivity index is 1.48. The van der Waals surface area contributed by atoms with Crippen LogP contribution in [0.2, 0.25) is 0 Å². The molecule has 0 atom stereocenters. The molecule has 2 heterocycles. The van der Waals surface area contributed by atoms with Gasteiger partial charge in [0.2, 0.25) is 5.91 Å². The lowest BCUT2D eigenvalue weighted by Gasteiger charge is -2.27. The number of benzene rings is 2. The maximum Gasteiger partial charge on any atom is 0.242 e. The highest BCUT2D eigenvalue weighted by Crippen LogP contribution is 2.24. The van der Waals surface area contributed by atoms with E-state index in [1.165, 1.54) is 17.7 Å². The van der Waals surface area contributed by atoms with E-state index in [1.807, 2.05) is 24.0 Å². The van der Waals surface area contributed by atoms with Crippen LogP contribution in [0.3, 0.4) is 0 Å². The van der Waals surface area contributed by atoms with Gasteiger partial charge in [-0.2, -0.15) is 0 Å². The normalized spacial score (nSPS) is 14.5. The molecule has 1 aromatic heterocycles. The van der Waals surface area contributed by atoms with E-state index in [2.05, 4.69) is 28.8 Å². The van der Waals surface area contributed by atoms with Crippen LogP contribution in [0.15, 0.2) is 60.7 Å². The largest absolute Gasteiger partial charge is 0.337 e. The van der Waals surface area contributed by atoms with Gasteiger partial charge in [0.25, 0.3) is 0 Å². The lowest BCUT2D eigenvalue weighted by molar-refractivity contribution is -0.131. The summed E-state index contributed by atoms with van der Waals surface area (Å²) in [6.07, 6.45) is 2.87. The molecule has 0 bridgehead atoms. The van der Waals surface area contributed by atoms with Gasteiger partial charge in [0.1, 0.15) is 12.4 Å². The van der Waals surface area contributed by atoms with Crippen LogP contribution in [-0.2, 0) is 11.3 Å². The number of amides is 1. The van der Waals surface area contributed by atoms with Crippen molar-refractivity contribution >= 4 is 22.4 Å². The molecule has 26 heavy (non-hydrogen) atoms. The van der Waals surface area contributed by atoms with Gasteiger partial charge in [-0.1, -0.05) is 36.4 Å². The maximum absolute atomic E-state index is 13.1. The number of carbonyl (C=O) groups is 1. The first-order valence-corrected chi connectivity index (χ1v) is 8.89. The van der Waals surface area contributed by atoms with Crippen LogP contribution >= 0.6 is 0 Å². The molecule has 0 saturated heterocycles. The van der Waals surface area contributed by atoms with Crippen molar-refractivity contribution in [2.24, 2.45) is 0 Å². The minimum absolute atomic E-state index is 0.129. The summed E-state index contributed by atoms with van der Waals surface area (Å²) in [7, 11) is 0. The molecule has 0 N–H and O–H groups in total. The van der Waals surface area contributed by atoms with Crippen molar-refractivity contribution < 1.29 is 9.18 Å². The summed E-state index contributed by atoms with van der Waals surface area (Å²) in [5.74, 6) is -0.0971. The van der Waals surface area contributed by atoms with Crippen LogP contribution in [-0.4, -0.2) is 28.5 Å². The quantitative estimate of drug-likeness (QED) is 0.688. The van der Waals surface area contributed by atoms with Gasteiger partial charge < -0.3 is 9.47 Å². The molecule has 2 aromatic carbocycles. The number of aryl methyl sites for hydroxylation is 1. The predicted molar refractivity (Wildman–Crippen MR) is 102 cm³/mol. The third kappa shape index (κ3) is 3.15. The second kappa shape index (κ2) is 6.79. The average Bonchev–Trinajstić information content (AvgIpc) is 2.98. The molecule has 1 aliphatic rings. The van der Waals surface area contributed by atoms with E-state index < -0.39 is 0 Å². The van der Waals surface area contributed by atoms with Crippen LogP contribution in [0.25, 0.3) is 16.5 Å². The molecule has 0 fully saturated rings. The topological polar surface area (TPSA) is 25.2 Å². The Hall–Kier alpha value is -2.88. The lowest BCUT2D eigenvalue weighted by Crippen LogP contribution is -2.37. The molecule has 4 rings (SSSR count). The van der Waals surface area contributed by atoms with E-state index in [0.717, 1.165) is 28.6 Å². The molecule has 4 heteroatoms. The second-order valence-corrected chi connectivity index (χ2v) is 6.76. The number of halogens is 1. The molecule has 132 valence electrons. The Morgan fingerprint density at radius 2 is 1.88 bits per heavy atom. The highest BCUT2D eigenvalue weighted by Gasteiger charge is 2.19. The second-order valence-electron chi connectivity index (χ2n) is 6.76. The fraction of sp³-hybridized carbons (Fsp3) is 0.227. The van der Waals surface area contributed by atoms with Gasteiger partial charge in [-0.25, -0.2) is 4.39 Å². The number of carbonyl (C=O) groups excluding carboxylic acids is 1. The zero-order valence-electron chi connectivity index (χ0n) is 14.8. The standard InChI is InChI=1S/C22H21FN2O/c1-16-14-19-4-2-3-5-21(19)25(16)15-22(26)24-12-10-18(11-13-24)17-6-8-20(23)9-7-17/h2-10,14H,11-13,15H2,1H3. The van der Waals surface area contributed by atoms with E-state index in [9.17, 15) is 9.18 Å². The first kappa shape index (κ1) is 16.6. The summed E-state index contributed by atoms with van der Waals surface area (Å²) in [6, 6.07) is 16.8. The highest BCUT2D eigenvalue weighted by molar-refractivity contribution is 5.84. The Bertz CT molecular complexity index is 985. The first-order valence-electron chi connectivity index (χ1n) is 8.89. The SMILES string of the molecule is Cc1cc2ccccc2n1CC(=O)N1CC=C(c2ccc(F)cc2)CC1. The molecule has 3 nitrogen and oxygen atoms in total. The van der Waals surface area contributed by atoms with Crippen molar-refractivity contribution in [3.8, 4) is 0 Å². The minimum Gasteiger partial charge on any atom is -0.337 e. The number of fused-ring (bicyclic) bond motifs is 1. The number of nitrogens with zero attached hydrogens (tertiary/aromatic N) is 2. The van der Waals surface area contributed by atoms with Crippen molar-refractivity contribution in [1.29, 1.82) is 0 Å². The fourth-order valence-corrected chi connectivity index (χ4v) is 3.62. The molecule has 0 spiro atoms. The summed E-state index contributed by atoms with van der Waals surface area (Å²) in [6.45, 7) is 3.69. The van der Waals surface area contributed by atoms with Gasteiger partial charge in [0.15, 0.2) is 0 Å². The van der Waals surface area contributed by atoms with Crippen LogP contribution < -0.4 is 0 Å². The molecule has 1 aliphatic heterocycles. The van der Waals surface area contributed by atoms with Crippen LogP contribution in [0, 0.1) is 12.7 Å². The van der Waals surface area contributed by atoms with Crippen molar-refractivity contribution in [2.75, 3.05) is 13.1 Å². The highest BCUT2D eigenvalue weighted by atomic mass is 19.1. The number of para-hydroxylation sites is 1. The zero-order chi connectivity index (χ0) is 18.1. The number of hydrogen-bond acceptors (Lipinski definition) is 1. The van der Waals surface area contributed by atoms with Crippen molar-refractivity contribution in [1.82, 2.24) is 9.47 Å². The van der Waals surface area contributed by atoms with E-state index in [1.54, 1.807) is 12.1 Å². The Labute approximate surface area is 152 Å². The summed E-state index contributed by atoms with van der Waals surface area (Å²) in [4.78, 5) is 14.7. The van der Waals surface area contributed by atoms with Gasteiger partial charge in [-0.05, 0) is 54.1 Å². The van der Waals surface area contributed by atoms with Gasteiger partial charge in [0, 0.05) is 24.3 Å². The third-order valence-electron chi connectivity index (χ3n) is 5.09. The predicted octanol–water partition coefficient (Wildman–Crippen LogP) is 4.40. The van der Waals surface area contributed by atoms with Crippen molar-refractivity contribution in [3.63, 3.8) is 0 Å². The van der Waals surface area contributed by atoms with E-state index in [-0.39, 0.29) is 11.7 Å². The summed E-state index contributed by atoms with van der Waals surface area (Å²) in [5.41, 5.74) is 4.40. The van der Waals surface area contributed by atoms with Gasteiger partial charge in [-0.3, -0.25) is 4.79 Å². The monoisotopic (exact) mass is 348 g/mol. The first-order chi connectivity index (χ1) is 12.6. The van der Waals surface area contributed by atoms with Gasteiger partial charge in [-0.15, -0.1) is 0 Å². The number of rotatable bonds is 3.